The summed E-state index contributed by atoms with van der Waals surface area (Å²) >= 11 is 0. The van der Waals surface area contributed by atoms with Crippen molar-refractivity contribution in [3.8, 4) is 0 Å². The van der Waals surface area contributed by atoms with Gasteiger partial charge in [-0.2, -0.15) is 0 Å². The van der Waals surface area contributed by atoms with E-state index in [2.05, 4.69) is 10.1 Å². The highest BCUT2D eigenvalue weighted by molar-refractivity contribution is 5.79. The number of hydrogen-bond acceptors (Lipinski definition) is 4. The van der Waals surface area contributed by atoms with Crippen LogP contribution in [-0.4, -0.2) is 31.6 Å². The zero-order chi connectivity index (χ0) is 12.0. The normalized spacial score (nSPS) is 24.9. The molecule has 2 atom stereocenters. The maximum absolute atomic E-state index is 11.7. The van der Waals surface area contributed by atoms with E-state index in [0.29, 0.717) is 6.54 Å². The molecular formula is C11H20N2O3. The van der Waals surface area contributed by atoms with Crippen LogP contribution in [0.5, 0.6) is 0 Å². The first-order valence-electron chi connectivity index (χ1n) is 5.73. The van der Waals surface area contributed by atoms with E-state index >= 15 is 0 Å². The van der Waals surface area contributed by atoms with Crippen molar-refractivity contribution in [1.29, 1.82) is 0 Å². The number of amides is 1. The first-order valence-corrected chi connectivity index (χ1v) is 5.73. The molecular weight excluding hydrogens is 208 g/mol. The number of nitrogens with one attached hydrogen (secondary N) is 1. The fourth-order valence-corrected chi connectivity index (χ4v) is 2.00. The van der Waals surface area contributed by atoms with E-state index in [1.165, 1.54) is 7.11 Å². The predicted octanol–water partition coefficient (Wildman–Crippen LogP) is 0.183. The number of methoxy groups -OCH3 is 1. The monoisotopic (exact) mass is 228 g/mol. The van der Waals surface area contributed by atoms with Crippen LogP contribution >= 0.6 is 0 Å². The fourth-order valence-electron chi connectivity index (χ4n) is 2.00. The molecule has 1 rings (SSSR count). The maximum atomic E-state index is 11.7. The first-order chi connectivity index (χ1) is 7.63. The average Bonchev–Trinajstić information content (AvgIpc) is 2.28. The van der Waals surface area contributed by atoms with Gasteiger partial charge in [-0.05, 0) is 19.3 Å². The number of rotatable bonds is 4. The Morgan fingerprint density at radius 3 is 2.81 bits per heavy atom. The van der Waals surface area contributed by atoms with Gasteiger partial charge in [-0.25, -0.2) is 0 Å². The summed E-state index contributed by atoms with van der Waals surface area (Å²) in [7, 11) is 1.34. The van der Waals surface area contributed by atoms with Gasteiger partial charge in [-0.1, -0.05) is 6.42 Å². The second-order valence-electron chi connectivity index (χ2n) is 4.24. The minimum Gasteiger partial charge on any atom is -0.469 e. The van der Waals surface area contributed by atoms with Crippen molar-refractivity contribution in [2.75, 3.05) is 13.7 Å². The highest BCUT2D eigenvalue weighted by atomic mass is 16.5. The largest absolute Gasteiger partial charge is 0.469 e. The van der Waals surface area contributed by atoms with Crippen molar-refractivity contribution < 1.29 is 14.3 Å². The number of nitrogens with two attached hydrogens (primary N) is 1. The molecule has 1 aliphatic rings. The van der Waals surface area contributed by atoms with Crippen molar-refractivity contribution in [3.05, 3.63) is 0 Å². The average molecular weight is 228 g/mol. The summed E-state index contributed by atoms with van der Waals surface area (Å²) in [5, 5.41) is 2.74. The minimum absolute atomic E-state index is 0.0130. The molecule has 2 unspecified atom stereocenters. The SMILES string of the molecule is COC(=O)CCNC(=O)C1CCCC(N)C1. The topological polar surface area (TPSA) is 81.4 Å². The van der Waals surface area contributed by atoms with E-state index in [1.807, 2.05) is 0 Å². The van der Waals surface area contributed by atoms with Gasteiger partial charge in [0.15, 0.2) is 0 Å². The molecule has 0 aliphatic heterocycles. The first kappa shape index (κ1) is 13.0. The molecule has 0 radical (unpaired) electrons. The lowest BCUT2D eigenvalue weighted by Crippen LogP contribution is -2.38. The predicted molar refractivity (Wildman–Crippen MR) is 59.6 cm³/mol. The van der Waals surface area contributed by atoms with Gasteiger partial charge in [0.1, 0.15) is 0 Å². The highest BCUT2D eigenvalue weighted by Crippen LogP contribution is 2.22. The minimum atomic E-state index is -0.305. The van der Waals surface area contributed by atoms with E-state index in [9.17, 15) is 9.59 Å². The molecule has 0 aromatic heterocycles. The molecule has 5 heteroatoms. The smallest absolute Gasteiger partial charge is 0.307 e. The van der Waals surface area contributed by atoms with Crippen molar-refractivity contribution in [2.24, 2.45) is 11.7 Å². The third-order valence-corrected chi connectivity index (χ3v) is 2.94. The Morgan fingerprint density at radius 1 is 1.44 bits per heavy atom. The number of ether oxygens (including phenoxy) is 1. The summed E-state index contributed by atoms with van der Waals surface area (Å²) in [6.07, 6.45) is 3.89. The van der Waals surface area contributed by atoms with Crippen molar-refractivity contribution in [3.63, 3.8) is 0 Å². The number of carbonyl (C=O) groups is 2. The van der Waals surface area contributed by atoms with Crippen LogP contribution in [-0.2, 0) is 14.3 Å². The molecule has 5 nitrogen and oxygen atoms in total. The maximum Gasteiger partial charge on any atom is 0.307 e. The Morgan fingerprint density at radius 2 is 2.19 bits per heavy atom. The van der Waals surface area contributed by atoms with Gasteiger partial charge >= 0.3 is 5.97 Å². The molecule has 1 amide bonds. The molecule has 0 aromatic rings. The van der Waals surface area contributed by atoms with Crippen molar-refractivity contribution >= 4 is 11.9 Å². The molecule has 16 heavy (non-hydrogen) atoms. The Bertz CT molecular complexity index is 256. The molecule has 1 aliphatic carbocycles. The van der Waals surface area contributed by atoms with Crippen LogP contribution in [0.4, 0.5) is 0 Å². The highest BCUT2D eigenvalue weighted by Gasteiger charge is 2.24. The fraction of sp³-hybridized carbons (Fsp3) is 0.818. The standard InChI is InChI=1S/C11H20N2O3/c1-16-10(14)5-6-13-11(15)8-3-2-4-9(12)7-8/h8-9H,2-7,12H2,1H3,(H,13,15). The van der Waals surface area contributed by atoms with E-state index in [0.717, 1.165) is 25.7 Å². The van der Waals surface area contributed by atoms with Gasteiger partial charge in [0.2, 0.25) is 5.91 Å². The zero-order valence-electron chi connectivity index (χ0n) is 9.70. The third-order valence-electron chi connectivity index (χ3n) is 2.94. The summed E-state index contributed by atoms with van der Waals surface area (Å²) < 4.78 is 4.48. The molecule has 0 spiro atoms. The number of esters is 1. The van der Waals surface area contributed by atoms with E-state index in [4.69, 9.17) is 5.73 Å². The molecule has 1 fully saturated rings. The molecule has 0 bridgehead atoms. The summed E-state index contributed by atoms with van der Waals surface area (Å²) in [5.74, 6) is -0.277. The van der Waals surface area contributed by atoms with Crippen LogP contribution in [0, 0.1) is 5.92 Å². The lowest BCUT2D eigenvalue weighted by molar-refractivity contribution is -0.140. The second-order valence-corrected chi connectivity index (χ2v) is 4.24. The van der Waals surface area contributed by atoms with Gasteiger partial charge in [0.05, 0.1) is 13.5 Å². The molecule has 92 valence electrons. The Labute approximate surface area is 95.7 Å². The van der Waals surface area contributed by atoms with Gasteiger partial charge in [-0.3, -0.25) is 9.59 Å². The Hall–Kier alpha value is -1.10. The van der Waals surface area contributed by atoms with Crippen LogP contribution in [0.15, 0.2) is 0 Å². The Balaban J connectivity index is 2.21. The second kappa shape index (κ2) is 6.48. The summed E-state index contributed by atoms with van der Waals surface area (Å²) in [4.78, 5) is 22.5. The summed E-state index contributed by atoms with van der Waals surface area (Å²) in [6, 6.07) is 0.144. The number of hydrogen-bond donors (Lipinski definition) is 2. The van der Waals surface area contributed by atoms with Gasteiger partial charge in [-0.15, -0.1) is 0 Å². The van der Waals surface area contributed by atoms with Crippen molar-refractivity contribution in [1.82, 2.24) is 5.32 Å². The van der Waals surface area contributed by atoms with Crippen LogP contribution < -0.4 is 11.1 Å². The summed E-state index contributed by atoms with van der Waals surface area (Å²) in [5.41, 5.74) is 5.81. The van der Waals surface area contributed by atoms with Gasteiger partial charge < -0.3 is 15.8 Å². The lowest BCUT2D eigenvalue weighted by atomic mass is 9.85. The van der Waals surface area contributed by atoms with Crippen LogP contribution in [0.25, 0.3) is 0 Å². The quantitative estimate of drug-likeness (QED) is 0.673. The van der Waals surface area contributed by atoms with E-state index < -0.39 is 0 Å². The van der Waals surface area contributed by atoms with Crippen LogP contribution in [0.1, 0.15) is 32.1 Å². The Kier molecular flexibility index (Phi) is 5.25. The third kappa shape index (κ3) is 4.18. The van der Waals surface area contributed by atoms with E-state index in [1.54, 1.807) is 0 Å². The van der Waals surface area contributed by atoms with E-state index in [-0.39, 0.29) is 30.3 Å². The van der Waals surface area contributed by atoms with Crippen LogP contribution in [0.2, 0.25) is 0 Å². The molecule has 0 saturated heterocycles. The lowest BCUT2D eigenvalue weighted by Gasteiger charge is -2.25. The molecule has 0 aromatic carbocycles. The van der Waals surface area contributed by atoms with Gasteiger partial charge in [0.25, 0.3) is 0 Å². The summed E-state index contributed by atoms with van der Waals surface area (Å²) in [6.45, 7) is 0.344. The molecule has 1 saturated carbocycles. The molecule has 0 heterocycles. The van der Waals surface area contributed by atoms with Gasteiger partial charge in [0, 0.05) is 18.5 Å². The molecule has 3 N–H and O–H groups in total. The van der Waals surface area contributed by atoms with Crippen LogP contribution in [0.3, 0.4) is 0 Å². The zero-order valence-corrected chi connectivity index (χ0v) is 9.70. The van der Waals surface area contributed by atoms with Crippen molar-refractivity contribution in [2.45, 2.75) is 38.1 Å². The number of carbonyl (C=O) groups excluding carboxylic acids is 2.